The van der Waals surface area contributed by atoms with Crippen LogP contribution in [0.1, 0.15) is 78.0 Å². The number of fused-ring (bicyclic) bond motifs is 1. The molecule has 1 atom stereocenters. The number of imidazole rings is 1. The maximum atomic E-state index is 13.1. The van der Waals surface area contributed by atoms with Crippen molar-refractivity contribution in [3.05, 3.63) is 54.5 Å². The highest BCUT2D eigenvalue weighted by Crippen LogP contribution is 2.31. The number of benzene rings is 2. The minimum Gasteiger partial charge on any atom is -0.459 e. The van der Waals surface area contributed by atoms with Gasteiger partial charge in [-0.15, -0.1) is 0 Å². The van der Waals surface area contributed by atoms with E-state index < -0.39 is 17.3 Å². The molecule has 3 aromatic rings. The second-order valence-electron chi connectivity index (χ2n) is 10.4. The van der Waals surface area contributed by atoms with Crippen molar-refractivity contribution in [2.45, 2.75) is 83.5 Å². The number of unbranched alkanes of at least 4 members (excludes halogenated alkanes) is 2. The van der Waals surface area contributed by atoms with E-state index in [1.807, 2.05) is 39.1 Å². The van der Waals surface area contributed by atoms with Crippen LogP contribution in [-0.2, 0) is 19.0 Å². The van der Waals surface area contributed by atoms with Crippen molar-refractivity contribution in [2.24, 2.45) is 0 Å². The third-order valence-corrected chi connectivity index (χ3v) is 6.58. The molecule has 1 aromatic heterocycles. The molecule has 35 heavy (non-hydrogen) atoms. The fourth-order valence-corrected chi connectivity index (χ4v) is 4.70. The SMILES string of the molecule is CCC1(CCCCCC(C(=O)OC(C)(C)C)c2ncc(-c3ccc4ccccc4c3)[nH]2)OCCO1. The van der Waals surface area contributed by atoms with Crippen molar-refractivity contribution < 1.29 is 19.0 Å². The fraction of sp³-hybridized carbons (Fsp3) is 0.517. The highest BCUT2D eigenvalue weighted by molar-refractivity contribution is 5.86. The Hall–Kier alpha value is -2.70. The Morgan fingerprint density at radius 1 is 1.09 bits per heavy atom. The van der Waals surface area contributed by atoms with Crippen LogP contribution >= 0.6 is 0 Å². The molecular formula is C29H38N2O4. The van der Waals surface area contributed by atoms with Gasteiger partial charge in [0.1, 0.15) is 17.3 Å². The summed E-state index contributed by atoms with van der Waals surface area (Å²) in [6.07, 6.45) is 7.12. The summed E-state index contributed by atoms with van der Waals surface area (Å²) in [5, 5.41) is 2.37. The second-order valence-corrected chi connectivity index (χ2v) is 10.4. The normalized spacial score (nSPS) is 16.5. The van der Waals surface area contributed by atoms with E-state index in [0.29, 0.717) is 25.5 Å². The maximum Gasteiger partial charge on any atom is 0.317 e. The number of ether oxygens (including phenoxy) is 3. The van der Waals surface area contributed by atoms with Gasteiger partial charge in [-0.1, -0.05) is 56.2 Å². The first-order chi connectivity index (χ1) is 16.8. The zero-order chi connectivity index (χ0) is 24.9. The number of aromatic nitrogens is 2. The van der Waals surface area contributed by atoms with Crippen molar-refractivity contribution >= 4 is 16.7 Å². The average Bonchev–Trinajstić information content (AvgIpc) is 3.50. The Bertz CT molecular complexity index is 1120. The third kappa shape index (κ3) is 6.50. The van der Waals surface area contributed by atoms with Crippen LogP contribution in [0.2, 0.25) is 0 Å². The number of nitrogens with zero attached hydrogens (tertiary/aromatic N) is 1. The Labute approximate surface area is 208 Å². The molecule has 188 valence electrons. The van der Waals surface area contributed by atoms with E-state index in [0.717, 1.165) is 43.4 Å². The van der Waals surface area contributed by atoms with E-state index in [9.17, 15) is 4.79 Å². The Balaban J connectivity index is 1.44. The first-order valence-corrected chi connectivity index (χ1v) is 12.8. The molecule has 6 heteroatoms. The standard InChI is InChI=1S/C29H38N2O4/c1-5-29(33-17-18-34-29)16-10-6-7-13-24(27(32)35-28(2,3)4)26-30-20-25(31-26)23-15-14-21-11-8-9-12-22(21)19-23/h8-9,11-12,14-15,19-20,24H,5-7,10,13,16-18H2,1-4H3,(H,30,31). The molecule has 1 aliphatic rings. The summed E-state index contributed by atoms with van der Waals surface area (Å²) in [5.74, 6) is -0.415. The smallest absolute Gasteiger partial charge is 0.317 e. The van der Waals surface area contributed by atoms with Crippen LogP contribution in [0.4, 0.5) is 0 Å². The summed E-state index contributed by atoms with van der Waals surface area (Å²) in [7, 11) is 0. The van der Waals surface area contributed by atoms with E-state index >= 15 is 0 Å². The summed E-state index contributed by atoms with van der Waals surface area (Å²) in [4.78, 5) is 21.2. The summed E-state index contributed by atoms with van der Waals surface area (Å²) in [6.45, 7) is 9.15. The fourth-order valence-electron chi connectivity index (χ4n) is 4.70. The van der Waals surface area contributed by atoms with Gasteiger partial charge in [-0.25, -0.2) is 4.98 Å². The Morgan fingerprint density at radius 2 is 1.83 bits per heavy atom. The molecule has 0 radical (unpaired) electrons. The van der Waals surface area contributed by atoms with Gasteiger partial charge in [0.25, 0.3) is 0 Å². The maximum absolute atomic E-state index is 13.1. The van der Waals surface area contributed by atoms with Crippen molar-refractivity contribution in [3.63, 3.8) is 0 Å². The Morgan fingerprint density at radius 3 is 2.54 bits per heavy atom. The molecule has 1 fully saturated rings. The molecule has 1 aliphatic heterocycles. The van der Waals surface area contributed by atoms with Gasteiger partial charge in [0, 0.05) is 12.0 Å². The van der Waals surface area contributed by atoms with Crippen LogP contribution in [-0.4, -0.2) is 40.5 Å². The molecule has 1 saturated heterocycles. The molecule has 2 aromatic carbocycles. The lowest BCUT2D eigenvalue weighted by Crippen LogP contribution is -2.29. The lowest BCUT2D eigenvalue weighted by molar-refractivity contribution is -0.164. The number of carbonyl (C=O) groups excluding carboxylic acids is 1. The molecule has 0 bridgehead atoms. The zero-order valence-electron chi connectivity index (χ0n) is 21.4. The predicted octanol–water partition coefficient (Wildman–Crippen LogP) is 6.76. The molecule has 4 rings (SSSR count). The van der Waals surface area contributed by atoms with Gasteiger partial charge in [0.15, 0.2) is 5.79 Å². The van der Waals surface area contributed by atoms with E-state index in [-0.39, 0.29) is 5.97 Å². The first-order valence-electron chi connectivity index (χ1n) is 12.8. The van der Waals surface area contributed by atoms with Crippen LogP contribution in [0.3, 0.4) is 0 Å². The van der Waals surface area contributed by atoms with Crippen molar-refractivity contribution in [1.29, 1.82) is 0 Å². The number of rotatable bonds is 10. The number of hydrogen-bond acceptors (Lipinski definition) is 5. The molecule has 0 spiro atoms. The highest BCUT2D eigenvalue weighted by Gasteiger charge is 2.34. The third-order valence-electron chi connectivity index (χ3n) is 6.58. The van der Waals surface area contributed by atoms with Crippen molar-refractivity contribution in [2.75, 3.05) is 13.2 Å². The zero-order valence-corrected chi connectivity index (χ0v) is 21.4. The van der Waals surface area contributed by atoms with Crippen LogP contribution in [0, 0.1) is 0 Å². The molecule has 0 saturated carbocycles. The number of nitrogens with one attached hydrogen (secondary N) is 1. The number of hydrogen-bond donors (Lipinski definition) is 1. The molecule has 6 nitrogen and oxygen atoms in total. The van der Waals surface area contributed by atoms with Gasteiger partial charge >= 0.3 is 5.97 Å². The summed E-state index contributed by atoms with van der Waals surface area (Å²) in [5.41, 5.74) is 1.40. The Kier molecular flexibility index (Phi) is 7.92. The van der Waals surface area contributed by atoms with Crippen molar-refractivity contribution in [3.8, 4) is 11.3 Å². The lowest BCUT2D eigenvalue weighted by atomic mass is 9.98. The molecular weight excluding hydrogens is 440 g/mol. The van der Waals surface area contributed by atoms with Gasteiger partial charge in [-0.3, -0.25) is 4.79 Å². The lowest BCUT2D eigenvalue weighted by Gasteiger charge is -2.26. The minimum absolute atomic E-state index is 0.232. The molecule has 1 unspecified atom stereocenters. The summed E-state index contributed by atoms with van der Waals surface area (Å²) in [6, 6.07) is 14.6. The quantitative estimate of drug-likeness (QED) is 0.257. The first kappa shape index (κ1) is 25.4. The average molecular weight is 479 g/mol. The topological polar surface area (TPSA) is 73.4 Å². The predicted molar refractivity (Wildman–Crippen MR) is 138 cm³/mol. The molecule has 1 N–H and O–H groups in total. The summed E-state index contributed by atoms with van der Waals surface area (Å²) >= 11 is 0. The molecule has 2 heterocycles. The van der Waals surface area contributed by atoms with Gasteiger partial charge < -0.3 is 19.2 Å². The van der Waals surface area contributed by atoms with Crippen LogP contribution in [0.25, 0.3) is 22.0 Å². The van der Waals surface area contributed by atoms with Crippen molar-refractivity contribution in [1.82, 2.24) is 9.97 Å². The van der Waals surface area contributed by atoms with Crippen LogP contribution in [0.5, 0.6) is 0 Å². The van der Waals surface area contributed by atoms with Gasteiger partial charge in [0.05, 0.1) is 25.1 Å². The van der Waals surface area contributed by atoms with Crippen LogP contribution < -0.4 is 0 Å². The van der Waals surface area contributed by atoms with E-state index in [4.69, 9.17) is 14.2 Å². The highest BCUT2D eigenvalue weighted by atomic mass is 16.7. The second kappa shape index (κ2) is 10.9. The van der Waals surface area contributed by atoms with E-state index in [2.05, 4.69) is 47.2 Å². The molecule has 0 aliphatic carbocycles. The minimum atomic E-state index is -0.548. The number of H-pyrrole nitrogens is 1. The monoisotopic (exact) mass is 478 g/mol. The van der Waals surface area contributed by atoms with Crippen LogP contribution in [0.15, 0.2) is 48.7 Å². The number of carbonyl (C=O) groups is 1. The summed E-state index contributed by atoms with van der Waals surface area (Å²) < 4.78 is 17.4. The largest absolute Gasteiger partial charge is 0.459 e. The number of aromatic amines is 1. The van der Waals surface area contributed by atoms with E-state index in [1.54, 1.807) is 0 Å². The molecule has 0 amide bonds. The van der Waals surface area contributed by atoms with E-state index in [1.165, 1.54) is 10.8 Å². The number of esters is 1. The van der Waals surface area contributed by atoms with Gasteiger partial charge in [-0.2, -0.15) is 0 Å². The van der Waals surface area contributed by atoms with Gasteiger partial charge in [0.2, 0.25) is 0 Å². The van der Waals surface area contributed by atoms with Gasteiger partial charge in [-0.05, 0) is 56.9 Å².